The van der Waals surface area contributed by atoms with Crippen molar-refractivity contribution in [3.63, 3.8) is 0 Å². The zero-order valence-corrected chi connectivity index (χ0v) is 13.0. The fourth-order valence-corrected chi connectivity index (χ4v) is 2.23. The molecule has 0 unspecified atom stereocenters. The summed E-state index contributed by atoms with van der Waals surface area (Å²) < 4.78 is 3.21. The first-order chi connectivity index (χ1) is 9.22. The number of nitrogens with one attached hydrogen (secondary N) is 1. The highest BCUT2D eigenvalue weighted by Gasteiger charge is 2.04. The summed E-state index contributed by atoms with van der Waals surface area (Å²) in [4.78, 5) is 0. The predicted molar refractivity (Wildman–Crippen MR) is 83.2 cm³/mol. The van der Waals surface area contributed by atoms with Crippen molar-refractivity contribution in [3.05, 3.63) is 44.9 Å². The molecule has 6 heteroatoms. The highest BCUT2D eigenvalue weighted by Crippen LogP contribution is 2.13. The highest BCUT2D eigenvalue weighted by atomic mass is 79.9. The van der Waals surface area contributed by atoms with E-state index >= 15 is 0 Å². The Kier molecular flexibility index (Phi) is 5.04. The molecule has 1 aromatic carbocycles. The number of benzene rings is 1. The van der Waals surface area contributed by atoms with Crippen LogP contribution in [0, 0.1) is 4.77 Å². The first-order valence-corrected chi connectivity index (χ1v) is 7.37. The number of aromatic amines is 1. The molecule has 0 bridgehead atoms. The molecule has 0 atom stereocenters. The summed E-state index contributed by atoms with van der Waals surface area (Å²) in [6.45, 7) is 2.15. The predicted octanol–water partition coefficient (Wildman–Crippen LogP) is 3.93. The van der Waals surface area contributed by atoms with Crippen LogP contribution >= 0.6 is 28.1 Å². The summed E-state index contributed by atoms with van der Waals surface area (Å²) in [7, 11) is 0. The number of rotatable bonds is 5. The van der Waals surface area contributed by atoms with Gasteiger partial charge in [-0.3, -0.25) is 5.10 Å². The molecular weight excluding hydrogens is 324 g/mol. The third-order valence-electron chi connectivity index (χ3n) is 2.69. The van der Waals surface area contributed by atoms with Crippen LogP contribution in [-0.2, 0) is 6.42 Å². The molecule has 100 valence electrons. The monoisotopic (exact) mass is 338 g/mol. The van der Waals surface area contributed by atoms with E-state index in [9.17, 15) is 0 Å². The molecule has 0 aliphatic heterocycles. The van der Waals surface area contributed by atoms with Crippen molar-refractivity contribution in [2.45, 2.75) is 26.2 Å². The van der Waals surface area contributed by atoms with Gasteiger partial charge in [0.2, 0.25) is 4.77 Å². The average Bonchev–Trinajstić information content (AvgIpc) is 2.76. The lowest BCUT2D eigenvalue weighted by Crippen LogP contribution is -1.99. The summed E-state index contributed by atoms with van der Waals surface area (Å²) >= 11 is 8.68. The fourth-order valence-electron chi connectivity index (χ4n) is 1.64. The molecule has 0 fully saturated rings. The Hall–Kier alpha value is -1.27. The summed E-state index contributed by atoms with van der Waals surface area (Å²) in [6, 6.07) is 7.91. The molecule has 0 aliphatic rings. The second-order valence-corrected chi connectivity index (χ2v) is 5.37. The van der Waals surface area contributed by atoms with E-state index in [1.54, 1.807) is 10.9 Å². The number of nitrogens with zero attached hydrogens (tertiary/aromatic N) is 3. The van der Waals surface area contributed by atoms with E-state index in [-0.39, 0.29) is 0 Å². The molecule has 1 heterocycles. The maximum atomic E-state index is 5.19. The zero-order chi connectivity index (χ0) is 13.7. The van der Waals surface area contributed by atoms with Gasteiger partial charge in [-0.15, -0.1) is 0 Å². The standard InChI is InChI=1S/C13H15BrN4S/c1-2-3-8-12-16-17-13(19)18(12)15-9-10-6-4-5-7-11(10)14/h4-7,9H,2-3,8H2,1H3,(H,17,19)/b15-9+. The number of halogens is 1. The maximum Gasteiger partial charge on any atom is 0.216 e. The van der Waals surface area contributed by atoms with Crippen LogP contribution in [0.4, 0.5) is 0 Å². The van der Waals surface area contributed by atoms with Crippen LogP contribution in [0.1, 0.15) is 31.2 Å². The number of aromatic nitrogens is 3. The van der Waals surface area contributed by atoms with Gasteiger partial charge in [-0.1, -0.05) is 47.5 Å². The SMILES string of the molecule is CCCCc1n[nH]c(=S)n1/N=C/c1ccccc1Br. The van der Waals surface area contributed by atoms with E-state index in [0.717, 1.165) is 35.1 Å². The van der Waals surface area contributed by atoms with Crippen molar-refractivity contribution in [2.24, 2.45) is 5.10 Å². The summed E-state index contributed by atoms with van der Waals surface area (Å²) in [5.41, 5.74) is 1.01. The third kappa shape index (κ3) is 3.61. The van der Waals surface area contributed by atoms with Crippen LogP contribution in [0.25, 0.3) is 0 Å². The summed E-state index contributed by atoms with van der Waals surface area (Å²) in [6.07, 6.45) is 4.85. The molecule has 0 amide bonds. The summed E-state index contributed by atoms with van der Waals surface area (Å²) in [5.74, 6) is 0.871. The third-order valence-corrected chi connectivity index (χ3v) is 3.68. The quantitative estimate of drug-likeness (QED) is 0.663. The van der Waals surface area contributed by atoms with Crippen molar-refractivity contribution in [1.29, 1.82) is 0 Å². The zero-order valence-electron chi connectivity index (χ0n) is 10.6. The first kappa shape index (κ1) is 14.1. The van der Waals surface area contributed by atoms with Crippen molar-refractivity contribution in [1.82, 2.24) is 14.9 Å². The van der Waals surface area contributed by atoms with Gasteiger partial charge in [0.1, 0.15) is 0 Å². The van der Waals surface area contributed by atoms with Crippen molar-refractivity contribution in [2.75, 3.05) is 0 Å². The number of H-pyrrole nitrogens is 1. The number of aryl methyl sites for hydroxylation is 1. The minimum absolute atomic E-state index is 0.523. The molecule has 0 spiro atoms. The molecule has 0 radical (unpaired) electrons. The minimum atomic E-state index is 0.523. The molecule has 1 aromatic heterocycles. The van der Waals surface area contributed by atoms with Crippen LogP contribution in [0.15, 0.2) is 33.8 Å². The Balaban J connectivity index is 2.26. The first-order valence-electron chi connectivity index (χ1n) is 6.17. The van der Waals surface area contributed by atoms with E-state index in [2.05, 4.69) is 38.2 Å². The van der Waals surface area contributed by atoms with Crippen molar-refractivity contribution in [3.8, 4) is 0 Å². The van der Waals surface area contributed by atoms with Crippen molar-refractivity contribution < 1.29 is 0 Å². The Bertz CT molecular complexity index is 630. The second kappa shape index (κ2) is 6.77. The maximum absolute atomic E-state index is 5.19. The van der Waals surface area contributed by atoms with Gasteiger partial charge in [-0.25, -0.2) is 0 Å². The molecular formula is C13H15BrN4S. The van der Waals surface area contributed by atoms with Crippen LogP contribution in [0.5, 0.6) is 0 Å². The van der Waals surface area contributed by atoms with Gasteiger partial charge >= 0.3 is 0 Å². The average molecular weight is 339 g/mol. The van der Waals surface area contributed by atoms with Gasteiger partial charge in [0.15, 0.2) is 5.82 Å². The van der Waals surface area contributed by atoms with Crippen molar-refractivity contribution >= 4 is 34.4 Å². The Labute approximate surface area is 125 Å². The number of hydrogen-bond donors (Lipinski definition) is 1. The highest BCUT2D eigenvalue weighted by molar-refractivity contribution is 9.10. The van der Waals surface area contributed by atoms with Crippen LogP contribution in [-0.4, -0.2) is 21.1 Å². The van der Waals surface area contributed by atoms with Gasteiger partial charge in [0.05, 0.1) is 6.21 Å². The van der Waals surface area contributed by atoms with E-state index in [1.807, 2.05) is 24.3 Å². The lowest BCUT2D eigenvalue weighted by molar-refractivity contribution is 0.700. The Morgan fingerprint density at radius 3 is 3.00 bits per heavy atom. The minimum Gasteiger partial charge on any atom is -0.250 e. The molecule has 0 saturated carbocycles. The second-order valence-electron chi connectivity index (χ2n) is 4.13. The van der Waals surface area contributed by atoms with Crippen LogP contribution < -0.4 is 0 Å². The molecule has 0 saturated heterocycles. The van der Waals surface area contributed by atoms with E-state index in [4.69, 9.17) is 12.2 Å². The lowest BCUT2D eigenvalue weighted by atomic mass is 10.2. The number of unbranched alkanes of at least 4 members (excludes halogenated alkanes) is 1. The normalized spacial score (nSPS) is 11.3. The summed E-state index contributed by atoms with van der Waals surface area (Å²) in [5, 5.41) is 11.4. The fraction of sp³-hybridized carbons (Fsp3) is 0.308. The smallest absolute Gasteiger partial charge is 0.216 e. The molecule has 19 heavy (non-hydrogen) atoms. The molecule has 4 nitrogen and oxygen atoms in total. The Morgan fingerprint density at radius 1 is 1.47 bits per heavy atom. The van der Waals surface area contributed by atoms with E-state index in [0.29, 0.717) is 4.77 Å². The topological polar surface area (TPSA) is 46.0 Å². The lowest BCUT2D eigenvalue weighted by Gasteiger charge is -2.00. The van der Waals surface area contributed by atoms with Gasteiger partial charge in [-0.2, -0.15) is 14.9 Å². The van der Waals surface area contributed by atoms with E-state index in [1.165, 1.54) is 0 Å². The molecule has 2 aromatic rings. The van der Waals surface area contributed by atoms with Gasteiger partial charge in [0.25, 0.3) is 0 Å². The van der Waals surface area contributed by atoms with Gasteiger partial charge in [-0.05, 0) is 24.7 Å². The van der Waals surface area contributed by atoms with Crippen LogP contribution in [0.3, 0.4) is 0 Å². The molecule has 1 N–H and O–H groups in total. The van der Waals surface area contributed by atoms with Gasteiger partial charge in [0, 0.05) is 16.5 Å². The Morgan fingerprint density at radius 2 is 2.26 bits per heavy atom. The largest absolute Gasteiger partial charge is 0.250 e. The van der Waals surface area contributed by atoms with E-state index < -0.39 is 0 Å². The van der Waals surface area contributed by atoms with Crippen LogP contribution in [0.2, 0.25) is 0 Å². The molecule has 0 aliphatic carbocycles. The number of hydrogen-bond acceptors (Lipinski definition) is 3. The molecule has 2 rings (SSSR count). The van der Waals surface area contributed by atoms with Gasteiger partial charge < -0.3 is 0 Å².